The van der Waals surface area contributed by atoms with Crippen LogP contribution in [0.15, 0.2) is 42.4 Å². The molecule has 1 N–H and O–H groups in total. The number of hydrogen-bond acceptors (Lipinski definition) is 3. The van der Waals surface area contributed by atoms with Crippen LogP contribution in [0.1, 0.15) is 44.9 Å². The Kier molecular flexibility index (Phi) is 5.27. The average molecular weight is 508 g/mol. The van der Waals surface area contributed by atoms with Gasteiger partial charge in [-0.2, -0.15) is 5.10 Å². The summed E-state index contributed by atoms with van der Waals surface area (Å²) < 4.78 is 59.2. The molecule has 1 aromatic heterocycles. The van der Waals surface area contributed by atoms with Crippen molar-refractivity contribution in [2.45, 2.75) is 26.1 Å². The van der Waals surface area contributed by atoms with Crippen molar-refractivity contribution in [3.05, 3.63) is 68.7 Å². The zero-order valence-corrected chi connectivity index (χ0v) is 19.1. The number of hydrazine groups is 1. The van der Waals surface area contributed by atoms with Gasteiger partial charge in [0, 0.05) is 38.4 Å². The maximum Gasteiger partial charge on any atom is 0.286 e. The molecule has 2 aromatic carbocycles. The van der Waals surface area contributed by atoms with E-state index >= 15 is 0 Å². The maximum atomic E-state index is 13.4. The number of hydrogen-bond donors (Lipinski definition) is 1. The molecule has 31 heavy (non-hydrogen) atoms. The third-order valence-electron chi connectivity index (χ3n) is 4.69. The number of piperidine rings is 1. The van der Waals surface area contributed by atoms with Gasteiger partial charge in [0.25, 0.3) is 5.91 Å². The monoisotopic (exact) mass is 506 g/mol. The standard InChI is InChI=1S/C22H21Cl3N4O.ClH/c1-14-20(22(30)27-28-11-3-2-4-12-28)26-29(19-10-9-17(24)13-18(19)25)21(14)15-5-7-16(23)8-6-15;/h5-10,13H,2-4,11-12H2,1H3,(H,27,30);1H/i1+1D3,5D,6D,7D,8D;. The molecule has 0 unspecified atom stereocenters. The first-order chi connectivity index (χ1) is 17.3. The van der Waals surface area contributed by atoms with Crippen LogP contribution in [0.5, 0.6) is 0 Å². The molecule has 9 heteroatoms. The number of nitrogens with one attached hydrogen (secondary N) is 1. The summed E-state index contributed by atoms with van der Waals surface area (Å²) in [5, 5.41) is 5.91. The van der Waals surface area contributed by atoms with Crippen LogP contribution in [-0.2, 0) is 0 Å². The molecule has 1 aliphatic heterocycles. The highest BCUT2D eigenvalue weighted by Crippen LogP contribution is 2.33. The largest absolute Gasteiger partial charge is 0.286 e. The molecule has 0 saturated carbocycles. The van der Waals surface area contributed by atoms with Crippen molar-refractivity contribution < 1.29 is 14.4 Å². The Labute approximate surface area is 212 Å². The van der Waals surface area contributed by atoms with Gasteiger partial charge >= 0.3 is 0 Å². The second-order valence-corrected chi connectivity index (χ2v) is 7.98. The van der Waals surface area contributed by atoms with E-state index in [0.717, 1.165) is 23.9 Å². The van der Waals surface area contributed by atoms with Crippen molar-refractivity contribution in [2.24, 2.45) is 0 Å². The van der Waals surface area contributed by atoms with Gasteiger partial charge in [-0.15, -0.1) is 12.4 Å². The summed E-state index contributed by atoms with van der Waals surface area (Å²) in [5.74, 6) is -0.790. The van der Waals surface area contributed by atoms with Crippen molar-refractivity contribution in [3.8, 4) is 16.9 Å². The van der Waals surface area contributed by atoms with Crippen molar-refractivity contribution in [1.82, 2.24) is 20.2 Å². The lowest BCUT2D eigenvalue weighted by Gasteiger charge is -2.26. The topological polar surface area (TPSA) is 50.2 Å². The molecular weight excluding hydrogens is 479 g/mol. The number of nitrogens with zero attached hydrogens (tertiary/aromatic N) is 3. The zero-order valence-electron chi connectivity index (χ0n) is 23.1. The first-order valence-electron chi connectivity index (χ1n) is 12.7. The van der Waals surface area contributed by atoms with Gasteiger partial charge < -0.3 is 0 Å². The summed E-state index contributed by atoms with van der Waals surface area (Å²) in [7, 11) is 0. The fourth-order valence-electron chi connectivity index (χ4n) is 3.25. The number of aromatic nitrogens is 2. The molecule has 4 rings (SSSR count). The number of benzene rings is 2. The van der Waals surface area contributed by atoms with Crippen LogP contribution in [0.25, 0.3) is 16.9 Å². The van der Waals surface area contributed by atoms with Crippen LogP contribution in [0.2, 0.25) is 15.1 Å². The third kappa shape index (κ3) is 5.18. The smallest absolute Gasteiger partial charge is 0.283 e. The average Bonchev–Trinajstić information content (AvgIpc) is 3.23. The lowest BCUT2D eigenvalue weighted by Crippen LogP contribution is -2.45. The highest BCUT2D eigenvalue weighted by atomic mass is 35.5. The highest BCUT2D eigenvalue weighted by Gasteiger charge is 2.24. The summed E-state index contributed by atoms with van der Waals surface area (Å²) in [6.45, 7) is -1.77. The highest BCUT2D eigenvalue weighted by molar-refractivity contribution is 6.35. The van der Waals surface area contributed by atoms with Crippen LogP contribution >= 0.6 is 47.2 Å². The van der Waals surface area contributed by atoms with Crippen molar-refractivity contribution in [3.63, 3.8) is 0 Å². The van der Waals surface area contributed by atoms with Crippen molar-refractivity contribution >= 4 is 53.1 Å². The number of rotatable bonds is 4. The Hall–Kier alpha value is -1.76. The van der Waals surface area contributed by atoms with Gasteiger partial charge in [0.15, 0.2) is 5.69 Å². The molecule has 1 fully saturated rings. The fourth-order valence-corrected chi connectivity index (χ4v) is 3.84. The number of amides is 1. The van der Waals surface area contributed by atoms with Crippen LogP contribution in [0, 0.1) is 6.85 Å². The van der Waals surface area contributed by atoms with Crippen LogP contribution < -0.4 is 5.43 Å². The van der Waals surface area contributed by atoms with Gasteiger partial charge in [-0.25, -0.2) is 9.69 Å². The fraction of sp³-hybridized carbons (Fsp3) is 0.273. The number of carbonyl (C=O) groups is 1. The molecule has 0 bridgehead atoms. The van der Waals surface area contributed by atoms with Crippen molar-refractivity contribution in [1.29, 1.82) is 0 Å². The summed E-state index contributed by atoms with van der Waals surface area (Å²) >= 11 is 18.4. The van der Waals surface area contributed by atoms with E-state index in [1.807, 2.05) is 0 Å². The van der Waals surface area contributed by atoms with E-state index in [2.05, 4.69) is 10.5 Å². The lowest BCUT2D eigenvalue weighted by atomic mass is 10.1. The molecule has 0 aliphatic carbocycles. The zero-order chi connectivity index (χ0) is 27.2. The van der Waals surface area contributed by atoms with Gasteiger partial charge in [-0.1, -0.05) is 53.3 Å². The van der Waals surface area contributed by atoms with Gasteiger partial charge in [0.2, 0.25) is 0 Å². The SMILES string of the molecule is Cl.[2H]c1c([2H])c(-c2c([13C]([2H])([2H])[2H])c(C(=O)NN3CCCCC3)nn2-c2ccc(Cl)cc2Cl)c([2H])c([2H])c1Cl. The summed E-state index contributed by atoms with van der Waals surface area (Å²) in [4.78, 5) is 13.4. The first-order valence-corrected chi connectivity index (χ1v) is 10.4. The van der Waals surface area contributed by atoms with Crippen LogP contribution in [0.4, 0.5) is 0 Å². The number of halogens is 4. The molecular formula is C22H22Cl4N4O. The molecule has 0 spiro atoms. The van der Waals surface area contributed by atoms with Gasteiger partial charge in [0.05, 0.1) is 21.9 Å². The first kappa shape index (κ1) is 15.9. The molecule has 3 aromatic rings. The van der Waals surface area contributed by atoms with Crippen molar-refractivity contribution in [2.75, 3.05) is 13.1 Å². The molecule has 1 saturated heterocycles. The minimum atomic E-state index is -2.94. The minimum Gasteiger partial charge on any atom is -0.283 e. The molecule has 1 aliphatic rings. The predicted molar refractivity (Wildman–Crippen MR) is 129 cm³/mol. The Morgan fingerprint density at radius 2 is 1.81 bits per heavy atom. The molecule has 5 nitrogen and oxygen atoms in total. The van der Waals surface area contributed by atoms with Gasteiger partial charge in [-0.3, -0.25) is 10.2 Å². The van der Waals surface area contributed by atoms with E-state index in [0.29, 0.717) is 13.1 Å². The van der Waals surface area contributed by atoms with Crippen LogP contribution in [-0.4, -0.2) is 33.8 Å². The summed E-state index contributed by atoms with van der Waals surface area (Å²) in [6, 6.07) is 2.00. The van der Waals surface area contributed by atoms with Gasteiger partial charge in [-0.05, 0) is 50.0 Å². The number of carbonyl (C=O) groups excluding carboxylic acids is 1. The second-order valence-electron chi connectivity index (χ2n) is 6.76. The van der Waals surface area contributed by atoms with E-state index in [-0.39, 0.29) is 39.4 Å². The normalized spacial score (nSPS) is 17.8. The quantitative estimate of drug-likeness (QED) is 0.418. The van der Waals surface area contributed by atoms with E-state index in [9.17, 15) is 4.79 Å². The van der Waals surface area contributed by atoms with Crippen LogP contribution in [0.3, 0.4) is 0 Å². The predicted octanol–water partition coefficient (Wildman–Crippen LogP) is 6.36. The third-order valence-corrected chi connectivity index (χ3v) is 5.41. The van der Waals surface area contributed by atoms with E-state index in [1.54, 1.807) is 5.01 Å². The summed E-state index contributed by atoms with van der Waals surface area (Å²) in [6.07, 6.45) is 2.74. The molecule has 164 valence electrons. The Balaban J connectivity index is 0.00000400. The molecule has 2 heterocycles. The molecule has 0 radical (unpaired) electrons. The molecule has 0 atom stereocenters. The van der Waals surface area contributed by atoms with Gasteiger partial charge in [0.1, 0.15) is 0 Å². The Morgan fingerprint density at radius 3 is 2.45 bits per heavy atom. The Bertz CT molecular complexity index is 1360. The maximum absolute atomic E-state index is 13.4. The lowest BCUT2D eigenvalue weighted by molar-refractivity contribution is 0.0743. The Morgan fingerprint density at radius 1 is 1.10 bits per heavy atom. The van der Waals surface area contributed by atoms with E-state index in [1.165, 1.54) is 18.2 Å². The summed E-state index contributed by atoms with van der Waals surface area (Å²) in [5.41, 5.74) is 1.10. The van der Waals surface area contributed by atoms with E-state index < -0.39 is 53.2 Å². The van der Waals surface area contributed by atoms with E-state index in [4.69, 9.17) is 44.4 Å². The second kappa shape index (κ2) is 10.2. The minimum absolute atomic E-state index is 0. The molecule has 1 amide bonds.